The molecule has 1 aromatic heterocycles. The number of carbonyl (C=O) groups is 3. The summed E-state index contributed by atoms with van der Waals surface area (Å²) in [5.41, 5.74) is 1.44. The summed E-state index contributed by atoms with van der Waals surface area (Å²) in [7, 11) is 0. The summed E-state index contributed by atoms with van der Waals surface area (Å²) >= 11 is 0. The fourth-order valence-electron chi connectivity index (χ4n) is 4.30. The molecule has 5 N–H and O–H groups in total. The molecule has 4 amide bonds. The molecule has 12 heteroatoms. The number of unbranched alkanes of at least 4 members (excludes halogenated alkanes) is 4. The molecule has 0 aliphatic heterocycles. The van der Waals surface area contributed by atoms with Gasteiger partial charge in [-0.1, -0.05) is 71.9 Å². The van der Waals surface area contributed by atoms with Crippen molar-refractivity contribution < 1.29 is 19.1 Å². The molecule has 0 saturated carbocycles. The topological polar surface area (TPSA) is 178 Å². The van der Waals surface area contributed by atoms with Crippen LogP contribution in [0.15, 0.2) is 40.7 Å². The number of carbonyl (C=O) groups excluding carboxylic acids is 3. The van der Waals surface area contributed by atoms with E-state index in [4.69, 9.17) is 4.74 Å². The van der Waals surface area contributed by atoms with Crippen molar-refractivity contribution in [2.24, 2.45) is 5.92 Å². The Labute approximate surface area is 265 Å². The molecule has 0 aliphatic carbocycles. The average molecular weight is 622 g/mol. The fraction of sp³-hybridized carbons (Fsp3) is 0.515. The second-order valence-corrected chi connectivity index (χ2v) is 11.2. The van der Waals surface area contributed by atoms with Gasteiger partial charge in [-0.25, -0.2) is 19.4 Å². The first-order valence-corrected chi connectivity index (χ1v) is 15.7. The lowest BCUT2D eigenvalue weighted by atomic mass is 10.0. The number of aromatic nitrogens is 2. The maximum absolute atomic E-state index is 12.4. The third-order valence-electron chi connectivity index (χ3n) is 7.07. The minimum atomic E-state index is -0.629. The van der Waals surface area contributed by atoms with Gasteiger partial charge in [0.25, 0.3) is 5.56 Å². The predicted molar refractivity (Wildman–Crippen MR) is 176 cm³/mol. The molecular formula is C33H47N7O5. The van der Waals surface area contributed by atoms with Gasteiger partial charge in [0.15, 0.2) is 0 Å². The standard InChI is InChI=1S/C33H47N7O5/c1-5-7-12-24(6-2)22-45-30(42)26(21-34)19-25-13-15-27(16-14-25)37-32(43)35-17-10-8-9-11-18-36-33(44)40-31-38-28(23(3)4)20-29(41)39-31/h13-16,19-20,23-24H,5-12,17-18,22H2,1-4H3,(H2,35,37,43)(H3,36,38,39,40,41,44). The summed E-state index contributed by atoms with van der Waals surface area (Å²) in [6.07, 6.45) is 8.84. The number of urea groups is 2. The Morgan fingerprint density at radius 3 is 2.20 bits per heavy atom. The fourth-order valence-corrected chi connectivity index (χ4v) is 4.30. The van der Waals surface area contributed by atoms with Crippen molar-refractivity contribution in [3.8, 4) is 6.07 Å². The van der Waals surface area contributed by atoms with Crippen LogP contribution in [0.25, 0.3) is 6.08 Å². The van der Waals surface area contributed by atoms with Crippen LogP contribution in [0, 0.1) is 17.2 Å². The van der Waals surface area contributed by atoms with E-state index >= 15 is 0 Å². The van der Waals surface area contributed by atoms with Crippen LogP contribution in [0.2, 0.25) is 0 Å². The van der Waals surface area contributed by atoms with Crippen LogP contribution in [0.3, 0.4) is 0 Å². The van der Waals surface area contributed by atoms with E-state index in [2.05, 4.69) is 45.1 Å². The maximum atomic E-state index is 12.4. The number of amides is 4. The van der Waals surface area contributed by atoms with Gasteiger partial charge in [-0.15, -0.1) is 0 Å². The number of rotatable bonds is 18. The normalized spacial score (nSPS) is 11.8. The molecule has 0 bridgehead atoms. The zero-order valence-corrected chi connectivity index (χ0v) is 26.8. The number of hydrogen-bond donors (Lipinski definition) is 5. The molecular weight excluding hydrogens is 574 g/mol. The Morgan fingerprint density at radius 2 is 1.62 bits per heavy atom. The van der Waals surface area contributed by atoms with Crippen LogP contribution in [0.1, 0.15) is 96.2 Å². The minimum Gasteiger partial charge on any atom is -0.461 e. The number of ether oxygens (including phenoxy) is 1. The van der Waals surface area contributed by atoms with E-state index in [0.29, 0.717) is 42.6 Å². The van der Waals surface area contributed by atoms with Gasteiger partial charge in [-0.2, -0.15) is 5.26 Å². The van der Waals surface area contributed by atoms with Gasteiger partial charge in [0, 0.05) is 24.8 Å². The number of hydrogen-bond acceptors (Lipinski definition) is 7. The Morgan fingerprint density at radius 1 is 0.978 bits per heavy atom. The Bertz CT molecular complexity index is 1360. The quantitative estimate of drug-likeness (QED) is 0.0581. The second kappa shape index (κ2) is 20.3. The first-order chi connectivity index (χ1) is 21.6. The number of nitriles is 1. The molecule has 0 radical (unpaired) electrons. The summed E-state index contributed by atoms with van der Waals surface area (Å²) in [5.74, 6) is -0.159. The highest BCUT2D eigenvalue weighted by Gasteiger charge is 2.14. The number of benzene rings is 1. The zero-order chi connectivity index (χ0) is 33.0. The smallest absolute Gasteiger partial charge is 0.348 e. The summed E-state index contributed by atoms with van der Waals surface area (Å²) in [4.78, 5) is 55.2. The van der Waals surface area contributed by atoms with E-state index in [1.165, 1.54) is 12.1 Å². The third kappa shape index (κ3) is 14.6. The van der Waals surface area contributed by atoms with Crippen LogP contribution in [0.5, 0.6) is 0 Å². The number of nitrogens with zero attached hydrogens (tertiary/aromatic N) is 2. The second-order valence-electron chi connectivity index (χ2n) is 11.2. The Kier molecular flexibility index (Phi) is 16.5. The van der Waals surface area contributed by atoms with E-state index in [9.17, 15) is 24.4 Å². The monoisotopic (exact) mass is 621 g/mol. The zero-order valence-electron chi connectivity index (χ0n) is 26.8. The van der Waals surface area contributed by atoms with E-state index in [-0.39, 0.29) is 29.0 Å². The molecule has 0 fully saturated rings. The lowest BCUT2D eigenvalue weighted by Gasteiger charge is -2.14. The van der Waals surface area contributed by atoms with Gasteiger partial charge in [-0.3, -0.25) is 15.1 Å². The van der Waals surface area contributed by atoms with Crippen molar-refractivity contribution in [2.45, 2.75) is 85.0 Å². The number of anilines is 2. The van der Waals surface area contributed by atoms with Crippen molar-refractivity contribution in [1.82, 2.24) is 20.6 Å². The molecule has 2 aromatic rings. The van der Waals surface area contributed by atoms with Crippen molar-refractivity contribution >= 4 is 35.7 Å². The van der Waals surface area contributed by atoms with Crippen LogP contribution >= 0.6 is 0 Å². The SMILES string of the molecule is CCCCC(CC)COC(=O)C(C#N)=Cc1ccc(NC(=O)NCCCCCCNC(=O)Nc2nc(C(C)C)cc(=O)[nH]2)cc1. The van der Waals surface area contributed by atoms with Crippen LogP contribution in [-0.4, -0.2) is 47.7 Å². The van der Waals surface area contributed by atoms with E-state index in [1.807, 2.05) is 19.9 Å². The Hall–Kier alpha value is -4.66. The van der Waals surface area contributed by atoms with Crippen molar-refractivity contribution in [2.75, 3.05) is 30.3 Å². The summed E-state index contributed by atoms with van der Waals surface area (Å²) < 4.78 is 5.38. The summed E-state index contributed by atoms with van der Waals surface area (Å²) in [6, 6.07) is 9.38. The number of esters is 1. The Balaban J connectivity index is 1.63. The molecule has 0 spiro atoms. The minimum absolute atomic E-state index is 0.0638. The molecule has 0 saturated heterocycles. The van der Waals surface area contributed by atoms with Crippen LogP contribution in [-0.2, 0) is 9.53 Å². The molecule has 1 atom stereocenters. The van der Waals surface area contributed by atoms with Gasteiger partial charge in [0.05, 0.1) is 12.3 Å². The first-order valence-electron chi connectivity index (χ1n) is 15.7. The highest BCUT2D eigenvalue weighted by Crippen LogP contribution is 2.16. The maximum Gasteiger partial charge on any atom is 0.348 e. The van der Waals surface area contributed by atoms with Gasteiger partial charge in [0.1, 0.15) is 11.6 Å². The van der Waals surface area contributed by atoms with Crippen LogP contribution < -0.4 is 26.8 Å². The van der Waals surface area contributed by atoms with E-state index in [1.54, 1.807) is 24.3 Å². The predicted octanol–water partition coefficient (Wildman–Crippen LogP) is 6.06. The van der Waals surface area contributed by atoms with Crippen molar-refractivity contribution in [3.63, 3.8) is 0 Å². The largest absolute Gasteiger partial charge is 0.461 e. The van der Waals surface area contributed by atoms with Gasteiger partial charge >= 0.3 is 18.0 Å². The molecule has 12 nitrogen and oxygen atoms in total. The molecule has 1 unspecified atom stereocenters. The number of H-pyrrole nitrogens is 1. The molecule has 45 heavy (non-hydrogen) atoms. The van der Waals surface area contributed by atoms with Gasteiger partial charge in [-0.05, 0) is 54.9 Å². The van der Waals surface area contributed by atoms with Crippen molar-refractivity contribution in [1.29, 1.82) is 5.26 Å². The molecule has 244 valence electrons. The average Bonchev–Trinajstić information content (AvgIpc) is 3.01. The highest BCUT2D eigenvalue weighted by molar-refractivity contribution is 5.98. The molecule has 2 rings (SSSR count). The van der Waals surface area contributed by atoms with E-state index < -0.39 is 12.0 Å². The first kappa shape index (κ1) is 36.5. The number of aromatic amines is 1. The van der Waals surface area contributed by atoms with Crippen LogP contribution in [0.4, 0.5) is 21.2 Å². The van der Waals surface area contributed by atoms with Gasteiger partial charge < -0.3 is 20.7 Å². The van der Waals surface area contributed by atoms with E-state index in [0.717, 1.165) is 51.4 Å². The number of nitrogens with one attached hydrogen (secondary N) is 5. The molecule has 1 aromatic carbocycles. The molecule has 1 heterocycles. The van der Waals surface area contributed by atoms with Gasteiger partial charge in [0.2, 0.25) is 5.95 Å². The highest BCUT2D eigenvalue weighted by atomic mass is 16.5. The molecule has 0 aliphatic rings. The third-order valence-corrected chi connectivity index (χ3v) is 7.07. The lowest BCUT2D eigenvalue weighted by molar-refractivity contribution is -0.139. The summed E-state index contributed by atoms with van der Waals surface area (Å²) in [5, 5.41) is 20.3. The lowest BCUT2D eigenvalue weighted by Crippen LogP contribution is -2.31. The van der Waals surface area contributed by atoms with Crippen molar-refractivity contribution in [3.05, 3.63) is 57.5 Å². The summed E-state index contributed by atoms with van der Waals surface area (Å²) in [6.45, 7) is 9.29.